The molecule has 20 heavy (non-hydrogen) atoms. The lowest BCUT2D eigenvalue weighted by molar-refractivity contribution is 0.263. The summed E-state index contributed by atoms with van der Waals surface area (Å²) >= 11 is 0. The number of aliphatic hydroxyl groups is 1. The molecular weight excluding hydrogens is 252 g/mol. The molecule has 0 radical (unpaired) electrons. The van der Waals surface area contributed by atoms with E-state index < -0.39 is 0 Å². The summed E-state index contributed by atoms with van der Waals surface area (Å²) in [5.74, 6) is 3.41. The second-order valence-electron chi connectivity index (χ2n) is 5.61. The number of rotatable bonds is 6. The Hall–Kier alpha value is -1.36. The summed E-state index contributed by atoms with van der Waals surface area (Å²) in [6.07, 6.45) is 3.11. The van der Waals surface area contributed by atoms with Crippen molar-refractivity contribution in [2.24, 2.45) is 5.92 Å². The average molecular weight is 278 g/mol. The Bertz CT molecular complexity index is 450. The lowest BCUT2D eigenvalue weighted by atomic mass is 10.1. The molecule has 1 fully saturated rings. The molecule has 0 bridgehead atoms. The van der Waals surface area contributed by atoms with Crippen molar-refractivity contribution in [3.63, 3.8) is 0 Å². The molecule has 5 heteroatoms. The number of anilines is 2. The van der Waals surface area contributed by atoms with E-state index in [0.717, 1.165) is 61.9 Å². The number of hydrogen-bond acceptors (Lipinski definition) is 5. The second-order valence-corrected chi connectivity index (χ2v) is 5.61. The van der Waals surface area contributed by atoms with E-state index in [-0.39, 0.29) is 6.61 Å². The predicted molar refractivity (Wildman–Crippen MR) is 82.3 cm³/mol. The minimum absolute atomic E-state index is 0.281. The van der Waals surface area contributed by atoms with Crippen LogP contribution in [-0.2, 0) is 0 Å². The molecule has 1 unspecified atom stereocenters. The molecule has 2 rings (SSSR count). The van der Waals surface area contributed by atoms with Crippen LogP contribution in [0.4, 0.5) is 11.6 Å². The van der Waals surface area contributed by atoms with Gasteiger partial charge in [0.05, 0.1) is 0 Å². The van der Waals surface area contributed by atoms with E-state index in [9.17, 15) is 0 Å². The normalized spacial score (nSPS) is 18.6. The van der Waals surface area contributed by atoms with Crippen molar-refractivity contribution >= 4 is 11.6 Å². The zero-order chi connectivity index (χ0) is 14.5. The molecule has 1 aromatic rings. The molecule has 5 nitrogen and oxygen atoms in total. The van der Waals surface area contributed by atoms with Gasteiger partial charge in [0.15, 0.2) is 0 Å². The van der Waals surface area contributed by atoms with Crippen LogP contribution in [0.15, 0.2) is 0 Å². The van der Waals surface area contributed by atoms with Crippen molar-refractivity contribution in [3.05, 3.63) is 11.4 Å². The van der Waals surface area contributed by atoms with Crippen LogP contribution in [-0.4, -0.2) is 41.3 Å². The van der Waals surface area contributed by atoms with Gasteiger partial charge in [-0.3, -0.25) is 0 Å². The number of nitrogens with zero attached hydrogens (tertiary/aromatic N) is 3. The summed E-state index contributed by atoms with van der Waals surface area (Å²) in [7, 11) is 0. The van der Waals surface area contributed by atoms with Crippen molar-refractivity contribution in [2.75, 3.05) is 36.5 Å². The first-order valence-corrected chi connectivity index (χ1v) is 7.60. The van der Waals surface area contributed by atoms with Crippen LogP contribution in [0.5, 0.6) is 0 Å². The van der Waals surface area contributed by atoms with Gasteiger partial charge in [-0.25, -0.2) is 9.97 Å². The first-order chi connectivity index (χ1) is 9.65. The van der Waals surface area contributed by atoms with Gasteiger partial charge in [-0.05, 0) is 39.0 Å². The van der Waals surface area contributed by atoms with Crippen LogP contribution in [0, 0.1) is 19.8 Å². The van der Waals surface area contributed by atoms with E-state index in [1.807, 2.05) is 6.92 Å². The van der Waals surface area contributed by atoms with Crippen LogP contribution in [0.1, 0.15) is 37.6 Å². The molecule has 1 saturated heterocycles. The van der Waals surface area contributed by atoms with Gasteiger partial charge < -0.3 is 15.3 Å². The second kappa shape index (κ2) is 6.88. The predicted octanol–water partition coefficient (Wildman–Crippen LogP) is 2.12. The quantitative estimate of drug-likeness (QED) is 0.834. The minimum Gasteiger partial charge on any atom is -0.396 e. The van der Waals surface area contributed by atoms with Crippen molar-refractivity contribution in [1.82, 2.24) is 9.97 Å². The third-order valence-electron chi connectivity index (χ3n) is 3.90. The van der Waals surface area contributed by atoms with Crippen molar-refractivity contribution in [3.8, 4) is 0 Å². The Morgan fingerprint density at radius 2 is 2.15 bits per heavy atom. The lowest BCUT2D eigenvalue weighted by Gasteiger charge is -2.22. The van der Waals surface area contributed by atoms with Crippen molar-refractivity contribution in [2.45, 2.75) is 40.0 Å². The summed E-state index contributed by atoms with van der Waals surface area (Å²) in [6, 6.07) is 0. The fraction of sp³-hybridized carbons (Fsp3) is 0.733. The van der Waals surface area contributed by atoms with Gasteiger partial charge in [-0.15, -0.1) is 0 Å². The van der Waals surface area contributed by atoms with E-state index in [0.29, 0.717) is 5.92 Å². The van der Waals surface area contributed by atoms with Crippen LogP contribution in [0.25, 0.3) is 0 Å². The van der Waals surface area contributed by atoms with Crippen LogP contribution < -0.4 is 10.2 Å². The summed E-state index contributed by atoms with van der Waals surface area (Å²) in [5, 5.41) is 12.5. The molecule has 0 aliphatic carbocycles. The third kappa shape index (κ3) is 3.39. The fourth-order valence-corrected chi connectivity index (χ4v) is 2.78. The van der Waals surface area contributed by atoms with Gasteiger partial charge >= 0.3 is 0 Å². The van der Waals surface area contributed by atoms with Gasteiger partial charge in [0, 0.05) is 31.8 Å². The SMILES string of the molecule is CCCNc1nc(C)nc(N2CCC(CCO)C2)c1C. The Balaban J connectivity index is 2.17. The molecular formula is C15H26N4O. The first kappa shape index (κ1) is 15.0. The zero-order valence-electron chi connectivity index (χ0n) is 12.8. The smallest absolute Gasteiger partial charge is 0.137 e. The highest BCUT2D eigenvalue weighted by Crippen LogP contribution is 2.29. The Morgan fingerprint density at radius 3 is 2.85 bits per heavy atom. The number of hydrogen-bond donors (Lipinski definition) is 2. The highest BCUT2D eigenvalue weighted by molar-refractivity contribution is 5.59. The highest BCUT2D eigenvalue weighted by Gasteiger charge is 2.25. The Kier molecular flexibility index (Phi) is 5.17. The molecule has 0 saturated carbocycles. The monoisotopic (exact) mass is 278 g/mol. The van der Waals surface area contributed by atoms with E-state index in [1.165, 1.54) is 0 Å². The number of aromatic nitrogens is 2. The summed E-state index contributed by atoms with van der Waals surface area (Å²) in [5.41, 5.74) is 1.13. The van der Waals surface area contributed by atoms with E-state index in [1.54, 1.807) is 0 Å². The molecule has 0 aromatic carbocycles. The van der Waals surface area contributed by atoms with Crippen LogP contribution >= 0.6 is 0 Å². The number of nitrogens with one attached hydrogen (secondary N) is 1. The molecule has 2 N–H and O–H groups in total. The molecule has 0 spiro atoms. The van der Waals surface area contributed by atoms with Crippen LogP contribution in [0.3, 0.4) is 0 Å². The molecule has 2 heterocycles. The summed E-state index contributed by atoms with van der Waals surface area (Å²) < 4.78 is 0. The molecule has 1 aromatic heterocycles. The van der Waals surface area contributed by atoms with Crippen molar-refractivity contribution in [1.29, 1.82) is 0 Å². The summed E-state index contributed by atoms with van der Waals surface area (Å²) in [4.78, 5) is 11.5. The zero-order valence-corrected chi connectivity index (χ0v) is 12.8. The van der Waals surface area contributed by atoms with Crippen molar-refractivity contribution < 1.29 is 5.11 Å². The first-order valence-electron chi connectivity index (χ1n) is 7.60. The van der Waals surface area contributed by atoms with Crippen LogP contribution in [0.2, 0.25) is 0 Å². The Morgan fingerprint density at radius 1 is 1.35 bits per heavy atom. The molecule has 1 aliphatic heterocycles. The van der Waals surface area contributed by atoms with E-state index in [4.69, 9.17) is 5.11 Å². The molecule has 0 amide bonds. The van der Waals surface area contributed by atoms with Gasteiger partial charge in [-0.1, -0.05) is 6.92 Å². The van der Waals surface area contributed by atoms with E-state index in [2.05, 4.69) is 34.0 Å². The molecule has 1 atom stereocenters. The summed E-state index contributed by atoms with van der Waals surface area (Å²) in [6.45, 7) is 9.42. The lowest BCUT2D eigenvalue weighted by Crippen LogP contribution is -2.23. The number of aryl methyl sites for hydroxylation is 1. The maximum absolute atomic E-state index is 9.07. The topological polar surface area (TPSA) is 61.3 Å². The standard InChI is InChI=1S/C15H26N4O/c1-4-7-16-14-11(2)15(18-12(3)17-14)19-8-5-13(10-19)6-9-20/h13,20H,4-10H2,1-3H3,(H,16,17,18). The van der Waals surface area contributed by atoms with E-state index >= 15 is 0 Å². The average Bonchev–Trinajstić information content (AvgIpc) is 2.88. The Labute approximate surface area is 121 Å². The molecule has 1 aliphatic rings. The maximum atomic E-state index is 9.07. The van der Waals surface area contributed by atoms with Gasteiger partial charge in [0.25, 0.3) is 0 Å². The largest absolute Gasteiger partial charge is 0.396 e. The van der Waals surface area contributed by atoms with Gasteiger partial charge in [0.1, 0.15) is 17.5 Å². The minimum atomic E-state index is 0.281. The number of aliphatic hydroxyl groups excluding tert-OH is 1. The molecule has 112 valence electrons. The van der Waals surface area contributed by atoms with Gasteiger partial charge in [0.2, 0.25) is 0 Å². The van der Waals surface area contributed by atoms with Gasteiger partial charge in [-0.2, -0.15) is 0 Å². The maximum Gasteiger partial charge on any atom is 0.137 e. The highest BCUT2D eigenvalue weighted by atomic mass is 16.3. The fourth-order valence-electron chi connectivity index (χ4n) is 2.78. The third-order valence-corrected chi connectivity index (χ3v) is 3.90.